The van der Waals surface area contributed by atoms with E-state index in [1.165, 1.54) is 6.92 Å². The van der Waals surface area contributed by atoms with E-state index in [9.17, 15) is 18.0 Å². The van der Waals surface area contributed by atoms with Gasteiger partial charge in [0.15, 0.2) is 5.03 Å². The highest BCUT2D eigenvalue weighted by Gasteiger charge is 2.23. The zero-order valence-corrected chi connectivity index (χ0v) is 18.9. The van der Waals surface area contributed by atoms with Crippen molar-refractivity contribution < 1.29 is 18.0 Å². The fraction of sp³-hybridized carbons (Fsp3) is 0.368. The van der Waals surface area contributed by atoms with Crippen LogP contribution >= 0.6 is 11.6 Å². The summed E-state index contributed by atoms with van der Waals surface area (Å²) in [5.74, 6) is -0.571. The van der Waals surface area contributed by atoms with Gasteiger partial charge in [0.2, 0.25) is 11.9 Å². The van der Waals surface area contributed by atoms with Crippen LogP contribution in [0.25, 0.3) is 0 Å². The summed E-state index contributed by atoms with van der Waals surface area (Å²) in [5.41, 5.74) is 2.08. The second kappa shape index (κ2) is 9.40. The molecule has 1 heterocycles. The van der Waals surface area contributed by atoms with E-state index in [0.29, 0.717) is 10.7 Å². The Morgan fingerprint density at radius 2 is 1.60 bits per heavy atom. The number of urea groups is 1. The maximum Gasteiger partial charge on any atom is 0.333 e. The van der Waals surface area contributed by atoms with Crippen LogP contribution in [0.1, 0.15) is 57.6 Å². The molecule has 0 aliphatic heterocycles. The number of aromatic nitrogens is 2. The molecule has 0 atom stereocenters. The molecule has 0 unspecified atom stereocenters. The van der Waals surface area contributed by atoms with Crippen molar-refractivity contribution in [3.63, 3.8) is 0 Å². The van der Waals surface area contributed by atoms with Crippen LogP contribution in [0.15, 0.2) is 29.4 Å². The number of carbonyl (C=O) groups excluding carboxylic acids is 2. The Labute approximate surface area is 180 Å². The normalized spacial score (nSPS) is 11.5. The van der Waals surface area contributed by atoms with E-state index in [-0.39, 0.29) is 17.8 Å². The van der Waals surface area contributed by atoms with Gasteiger partial charge in [-0.15, -0.1) is 0 Å². The van der Waals surface area contributed by atoms with Crippen LogP contribution in [0.4, 0.5) is 16.4 Å². The quantitative estimate of drug-likeness (QED) is 0.569. The third-order valence-electron chi connectivity index (χ3n) is 4.07. The molecule has 0 fully saturated rings. The molecular formula is C19H24ClN5O4S. The molecule has 2 aromatic rings. The Bertz CT molecular complexity index is 1040. The Morgan fingerprint density at radius 1 is 1.03 bits per heavy atom. The molecule has 162 valence electrons. The standard InChI is InChI=1S/C19H24ClN5O4S/c1-10(2)14-8-13(20)9-15(11(3)4)17(14)24-19(27)25-30(28,29)16-6-7-21-18(23-16)22-12(5)26/h6-11H,1-5H3,(H2,24,25,27)(H,21,22,23,26). The first-order chi connectivity index (χ1) is 13.9. The van der Waals surface area contributed by atoms with Gasteiger partial charge in [0.25, 0.3) is 10.0 Å². The molecule has 1 aromatic carbocycles. The summed E-state index contributed by atoms with van der Waals surface area (Å²) in [5, 5.41) is 5.01. The summed E-state index contributed by atoms with van der Waals surface area (Å²) in [7, 11) is -4.30. The van der Waals surface area contributed by atoms with Crippen LogP contribution in [-0.2, 0) is 14.8 Å². The Kier molecular flexibility index (Phi) is 7.38. The van der Waals surface area contributed by atoms with Gasteiger partial charge in [-0.1, -0.05) is 39.3 Å². The molecule has 3 amide bonds. The van der Waals surface area contributed by atoms with Crippen molar-refractivity contribution in [3.05, 3.63) is 40.5 Å². The first-order valence-corrected chi connectivity index (χ1v) is 11.0. The third kappa shape index (κ3) is 5.90. The zero-order chi connectivity index (χ0) is 22.6. The van der Waals surface area contributed by atoms with E-state index in [4.69, 9.17) is 11.6 Å². The average molecular weight is 454 g/mol. The molecule has 3 N–H and O–H groups in total. The molecular weight excluding hydrogens is 430 g/mol. The maximum atomic E-state index is 12.6. The minimum Gasteiger partial charge on any atom is -0.307 e. The van der Waals surface area contributed by atoms with Crippen molar-refractivity contribution in [2.45, 2.75) is 51.5 Å². The van der Waals surface area contributed by atoms with Crippen LogP contribution in [0, 0.1) is 0 Å². The van der Waals surface area contributed by atoms with Gasteiger partial charge < -0.3 is 5.32 Å². The van der Waals surface area contributed by atoms with E-state index in [0.717, 1.165) is 23.4 Å². The van der Waals surface area contributed by atoms with Gasteiger partial charge in [0.1, 0.15) is 0 Å². The lowest BCUT2D eigenvalue weighted by Crippen LogP contribution is -2.35. The fourth-order valence-electron chi connectivity index (χ4n) is 2.73. The van der Waals surface area contributed by atoms with Gasteiger partial charge in [-0.3, -0.25) is 10.1 Å². The molecule has 0 saturated carbocycles. The molecule has 9 nitrogen and oxygen atoms in total. The van der Waals surface area contributed by atoms with Crippen molar-refractivity contribution in [3.8, 4) is 0 Å². The SMILES string of the molecule is CC(=O)Nc1nccc(S(=O)(=O)NC(=O)Nc2c(C(C)C)cc(Cl)cc2C(C)C)n1. The number of halogens is 1. The molecule has 2 rings (SSSR count). The number of carbonyl (C=O) groups is 2. The van der Waals surface area contributed by atoms with Crippen LogP contribution in [-0.4, -0.2) is 30.3 Å². The number of nitrogens with one attached hydrogen (secondary N) is 3. The van der Waals surface area contributed by atoms with Gasteiger partial charge in [-0.05, 0) is 41.2 Å². The predicted octanol–water partition coefficient (Wildman–Crippen LogP) is 3.85. The second-order valence-electron chi connectivity index (χ2n) is 7.23. The van der Waals surface area contributed by atoms with Crippen LogP contribution in [0.2, 0.25) is 5.02 Å². The molecule has 0 saturated heterocycles. The molecule has 0 aliphatic rings. The van der Waals surface area contributed by atoms with Crippen molar-refractivity contribution in [1.29, 1.82) is 0 Å². The molecule has 11 heteroatoms. The minimum atomic E-state index is -4.30. The Hall–Kier alpha value is -2.72. The Balaban J connectivity index is 2.32. The number of amides is 3. The Morgan fingerprint density at radius 3 is 2.10 bits per heavy atom. The van der Waals surface area contributed by atoms with Crippen molar-refractivity contribution >= 4 is 45.2 Å². The molecule has 0 aliphatic carbocycles. The van der Waals surface area contributed by atoms with Crippen molar-refractivity contribution in [2.24, 2.45) is 0 Å². The summed E-state index contributed by atoms with van der Waals surface area (Å²) in [6.07, 6.45) is 1.16. The zero-order valence-electron chi connectivity index (χ0n) is 17.3. The number of anilines is 2. The highest BCUT2D eigenvalue weighted by atomic mass is 35.5. The van der Waals surface area contributed by atoms with Crippen molar-refractivity contribution in [2.75, 3.05) is 10.6 Å². The number of rotatable bonds is 6. The average Bonchev–Trinajstić information content (AvgIpc) is 2.61. The van der Waals surface area contributed by atoms with Crippen molar-refractivity contribution in [1.82, 2.24) is 14.7 Å². The molecule has 1 aromatic heterocycles. The van der Waals surface area contributed by atoms with E-state index < -0.39 is 27.0 Å². The lowest BCUT2D eigenvalue weighted by Gasteiger charge is -2.21. The van der Waals surface area contributed by atoms with Gasteiger partial charge >= 0.3 is 6.03 Å². The number of hydrogen-bond donors (Lipinski definition) is 3. The van der Waals surface area contributed by atoms with Crippen LogP contribution in [0.3, 0.4) is 0 Å². The van der Waals surface area contributed by atoms with Gasteiger partial charge in [-0.2, -0.15) is 13.4 Å². The third-order valence-corrected chi connectivity index (χ3v) is 5.52. The predicted molar refractivity (Wildman–Crippen MR) is 115 cm³/mol. The number of nitrogens with zero attached hydrogens (tertiary/aromatic N) is 2. The van der Waals surface area contributed by atoms with E-state index in [1.807, 2.05) is 32.4 Å². The number of hydrogen-bond acceptors (Lipinski definition) is 6. The van der Waals surface area contributed by atoms with E-state index in [1.54, 1.807) is 12.1 Å². The highest BCUT2D eigenvalue weighted by Crippen LogP contribution is 2.35. The topological polar surface area (TPSA) is 130 Å². The second-order valence-corrected chi connectivity index (χ2v) is 9.29. The van der Waals surface area contributed by atoms with Crippen LogP contribution < -0.4 is 15.4 Å². The van der Waals surface area contributed by atoms with E-state index in [2.05, 4.69) is 20.6 Å². The lowest BCUT2D eigenvalue weighted by molar-refractivity contribution is -0.114. The van der Waals surface area contributed by atoms with Crippen LogP contribution in [0.5, 0.6) is 0 Å². The fourth-order valence-corrected chi connectivity index (χ4v) is 3.81. The first-order valence-electron chi connectivity index (χ1n) is 9.18. The monoisotopic (exact) mass is 453 g/mol. The van der Waals surface area contributed by atoms with Gasteiger partial charge in [0, 0.05) is 23.8 Å². The molecule has 0 bridgehead atoms. The van der Waals surface area contributed by atoms with Gasteiger partial charge in [-0.25, -0.2) is 14.5 Å². The van der Waals surface area contributed by atoms with Gasteiger partial charge in [0.05, 0.1) is 0 Å². The van der Waals surface area contributed by atoms with E-state index >= 15 is 0 Å². The number of sulfonamides is 1. The first kappa shape index (κ1) is 23.6. The molecule has 30 heavy (non-hydrogen) atoms. The summed E-state index contributed by atoms with van der Waals surface area (Å²) in [6, 6.07) is 3.65. The minimum absolute atomic E-state index is 0.0372. The summed E-state index contributed by atoms with van der Waals surface area (Å²) < 4.78 is 27.1. The summed E-state index contributed by atoms with van der Waals surface area (Å²) in [6.45, 7) is 9.01. The molecule has 0 radical (unpaired) electrons. The smallest absolute Gasteiger partial charge is 0.307 e. The summed E-state index contributed by atoms with van der Waals surface area (Å²) >= 11 is 6.22. The molecule has 0 spiro atoms. The number of benzene rings is 1. The lowest BCUT2D eigenvalue weighted by atomic mass is 9.92. The largest absolute Gasteiger partial charge is 0.333 e. The highest BCUT2D eigenvalue weighted by molar-refractivity contribution is 7.90. The summed E-state index contributed by atoms with van der Waals surface area (Å²) in [4.78, 5) is 31.2. The maximum absolute atomic E-state index is 12.6.